The van der Waals surface area contributed by atoms with Crippen LogP contribution in [-0.2, 0) is 14.3 Å². The van der Waals surface area contributed by atoms with Crippen molar-refractivity contribution in [3.05, 3.63) is 11.1 Å². The summed E-state index contributed by atoms with van der Waals surface area (Å²) in [5, 5.41) is 6.63. The van der Waals surface area contributed by atoms with Crippen LogP contribution in [0.3, 0.4) is 0 Å². The lowest BCUT2D eigenvalue weighted by molar-refractivity contribution is -0.149. The van der Waals surface area contributed by atoms with Crippen molar-refractivity contribution in [2.24, 2.45) is 10.8 Å². The predicted molar refractivity (Wildman–Crippen MR) is 92.7 cm³/mol. The van der Waals surface area contributed by atoms with Crippen LogP contribution in [-0.4, -0.2) is 34.8 Å². The molecule has 8 nitrogen and oxygen atoms in total. The molecule has 1 aliphatic carbocycles. The Morgan fingerprint density at radius 1 is 1.24 bits per heavy atom. The summed E-state index contributed by atoms with van der Waals surface area (Å²) >= 11 is 0. The molecule has 2 aliphatic rings. The molecule has 0 aromatic rings. The Kier molecular flexibility index (Phi) is 5.20. The van der Waals surface area contributed by atoms with Crippen LogP contribution in [0, 0.1) is 0 Å². The molecule has 25 heavy (non-hydrogen) atoms. The van der Waals surface area contributed by atoms with Crippen LogP contribution in [0.4, 0.5) is 4.79 Å². The lowest BCUT2D eigenvalue weighted by Gasteiger charge is -2.33. The van der Waals surface area contributed by atoms with Crippen LogP contribution >= 0.6 is 0 Å². The second kappa shape index (κ2) is 6.85. The second-order valence-corrected chi connectivity index (χ2v) is 7.20. The SMILES string of the molecule is CC(=NNC(N)=O)C(C)(C)NC(=O)C1=C(C)C2(CCCCC2)OC1=O. The Labute approximate surface area is 147 Å². The zero-order valence-electron chi connectivity index (χ0n) is 15.2. The molecule has 0 aromatic carbocycles. The number of hydrogen-bond donors (Lipinski definition) is 3. The van der Waals surface area contributed by atoms with Gasteiger partial charge in [-0.05, 0) is 59.0 Å². The summed E-state index contributed by atoms with van der Waals surface area (Å²) in [6.45, 7) is 6.89. The number of amides is 3. The fourth-order valence-electron chi connectivity index (χ4n) is 3.26. The maximum absolute atomic E-state index is 12.7. The number of hydrazone groups is 1. The molecule has 0 saturated heterocycles. The quantitative estimate of drug-likeness (QED) is 0.308. The largest absolute Gasteiger partial charge is 0.451 e. The smallest absolute Gasteiger partial charge is 0.344 e. The Morgan fingerprint density at radius 2 is 1.84 bits per heavy atom. The minimum Gasteiger partial charge on any atom is -0.451 e. The molecule has 1 fully saturated rings. The number of esters is 1. The van der Waals surface area contributed by atoms with Crippen LogP contribution in [0.1, 0.15) is 59.8 Å². The van der Waals surface area contributed by atoms with E-state index in [2.05, 4.69) is 15.8 Å². The molecule has 0 atom stereocenters. The Balaban J connectivity index is 2.20. The van der Waals surface area contributed by atoms with E-state index in [1.54, 1.807) is 27.7 Å². The van der Waals surface area contributed by atoms with Crippen molar-refractivity contribution >= 4 is 23.6 Å². The number of carbonyl (C=O) groups is 3. The molecule has 1 spiro atoms. The highest BCUT2D eigenvalue weighted by molar-refractivity contribution is 6.19. The van der Waals surface area contributed by atoms with Gasteiger partial charge in [0.05, 0.1) is 11.3 Å². The van der Waals surface area contributed by atoms with E-state index < -0.39 is 29.0 Å². The van der Waals surface area contributed by atoms with Gasteiger partial charge >= 0.3 is 12.0 Å². The molecule has 1 saturated carbocycles. The number of nitrogens with zero attached hydrogens (tertiary/aromatic N) is 1. The summed E-state index contributed by atoms with van der Waals surface area (Å²) in [6.07, 6.45) is 4.59. The number of hydrogen-bond acceptors (Lipinski definition) is 5. The molecular weight excluding hydrogens is 324 g/mol. The minimum absolute atomic E-state index is 0.0747. The van der Waals surface area contributed by atoms with Crippen LogP contribution in [0.5, 0.6) is 0 Å². The molecule has 4 N–H and O–H groups in total. The van der Waals surface area contributed by atoms with Crippen LogP contribution in [0.25, 0.3) is 0 Å². The van der Waals surface area contributed by atoms with Crippen LogP contribution in [0.2, 0.25) is 0 Å². The average molecular weight is 350 g/mol. The predicted octanol–water partition coefficient (Wildman–Crippen LogP) is 1.50. The van der Waals surface area contributed by atoms with Crippen molar-refractivity contribution in [1.29, 1.82) is 0 Å². The number of ether oxygens (including phenoxy) is 1. The molecule has 2 rings (SSSR count). The van der Waals surface area contributed by atoms with Crippen molar-refractivity contribution in [3.8, 4) is 0 Å². The molecule has 0 aromatic heterocycles. The second-order valence-electron chi connectivity index (χ2n) is 7.20. The first-order valence-corrected chi connectivity index (χ1v) is 8.46. The number of primary amides is 1. The fraction of sp³-hybridized carbons (Fsp3) is 0.647. The Morgan fingerprint density at radius 3 is 2.40 bits per heavy atom. The van der Waals surface area contributed by atoms with Crippen LogP contribution < -0.4 is 16.5 Å². The summed E-state index contributed by atoms with van der Waals surface area (Å²) in [5.41, 5.74) is 6.84. The third-order valence-electron chi connectivity index (χ3n) is 5.10. The highest BCUT2D eigenvalue weighted by atomic mass is 16.6. The molecule has 0 bridgehead atoms. The number of nitrogens with two attached hydrogens (primary N) is 1. The first kappa shape index (κ1) is 19.0. The van der Waals surface area contributed by atoms with Gasteiger partial charge in [-0.1, -0.05) is 6.42 Å². The first-order chi connectivity index (χ1) is 11.6. The van der Waals surface area contributed by atoms with Gasteiger partial charge in [-0.3, -0.25) is 4.79 Å². The minimum atomic E-state index is -0.880. The van der Waals surface area contributed by atoms with E-state index in [0.29, 0.717) is 11.3 Å². The molecule has 1 heterocycles. The molecule has 0 radical (unpaired) electrons. The zero-order valence-corrected chi connectivity index (χ0v) is 15.2. The maximum atomic E-state index is 12.7. The van der Waals surface area contributed by atoms with Gasteiger partial charge in [0.1, 0.15) is 11.2 Å². The molecule has 3 amide bonds. The molecule has 138 valence electrons. The van der Waals surface area contributed by atoms with Gasteiger partial charge in [0.15, 0.2) is 0 Å². The van der Waals surface area contributed by atoms with Crippen molar-refractivity contribution in [2.45, 2.75) is 70.9 Å². The Bertz CT molecular complexity index is 658. The van der Waals surface area contributed by atoms with Gasteiger partial charge in [-0.25, -0.2) is 15.0 Å². The normalized spacial score (nSPS) is 20.5. The lowest BCUT2D eigenvalue weighted by Crippen LogP contribution is -2.50. The van der Waals surface area contributed by atoms with Crippen molar-refractivity contribution in [1.82, 2.24) is 10.7 Å². The van der Waals surface area contributed by atoms with E-state index in [1.807, 2.05) is 0 Å². The van der Waals surface area contributed by atoms with Gasteiger partial charge in [-0.15, -0.1) is 0 Å². The molecule has 0 unspecified atom stereocenters. The summed E-state index contributed by atoms with van der Waals surface area (Å²) in [6, 6.07) is -0.793. The van der Waals surface area contributed by atoms with Gasteiger partial charge in [-0.2, -0.15) is 5.10 Å². The van der Waals surface area contributed by atoms with E-state index in [4.69, 9.17) is 10.5 Å². The summed E-state index contributed by atoms with van der Waals surface area (Å²) in [5.74, 6) is -1.07. The zero-order chi connectivity index (χ0) is 18.8. The number of nitrogens with one attached hydrogen (secondary N) is 2. The summed E-state index contributed by atoms with van der Waals surface area (Å²) in [7, 11) is 0. The van der Waals surface area contributed by atoms with Crippen molar-refractivity contribution in [3.63, 3.8) is 0 Å². The van der Waals surface area contributed by atoms with E-state index in [0.717, 1.165) is 32.1 Å². The summed E-state index contributed by atoms with van der Waals surface area (Å²) < 4.78 is 5.61. The van der Waals surface area contributed by atoms with E-state index in [9.17, 15) is 14.4 Å². The monoisotopic (exact) mass is 350 g/mol. The topological polar surface area (TPSA) is 123 Å². The van der Waals surface area contributed by atoms with Crippen molar-refractivity contribution in [2.75, 3.05) is 0 Å². The molecule has 1 aliphatic heterocycles. The van der Waals surface area contributed by atoms with E-state index in [-0.39, 0.29) is 5.57 Å². The van der Waals surface area contributed by atoms with Gasteiger partial charge in [0, 0.05) is 0 Å². The first-order valence-electron chi connectivity index (χ1n) is 8.46. The molecule has 8 heteroatoms. The van der Waals surface area contributed by atoms with Gasteiger partial charge in [0.25, 0.3) is 5.91 Å². The lowest BCUT2D eigenvalue weighted by atomic mass is 9.79. The van der Waals surface area contributed by atoms with E-state index in [1.165, 1.54) is 0 Å². The number of rotatable bonds is 4. The fourth-order valence-corrected chi connectivity index (χ4v) is 3.26. The highest BCUT2D eigenvalue weighted by Crippen LogP contribution is 2.43. The van der Waals surface area contributed by atoms with Gasteiger partial charge in [0.2, 0.25) is 0 Å². The highest BCUT2D eigenvalue weighted by Gasteiger charge is 2.48. The third kappa shape index (κ3) is 3.83. The van der Waals surface area contributed by atoms with Crippen LogP contribution in [0.15, 0.2) is 16.2 Å². The standard InChI is InChI=1S/C17H26N4O4/c1-10-12(14(23)25-17(10)8-6-5-7-9-17)13(22)19-16(3,4)11(2)20-21-15(18)24/h5-9H2,1-4H3,(H,19,22)(H3,18,21,24). The average Bonchev–Trinajstić information content (AvgIpc) is 2.75. The van der Waals surface area contributed by atoms with E-state index >= 15 is 0 Å². The Hall–Kier alpha value is -2.38. The molecular formula is C17H26N4O4. The van der Waals surface area contributed by atoms with Gasteiger partial charge < -0.3 is 15.8 Å². The number of carbonyl (C=O) groups excluding carboxylic acids is 3. The summed E-state index contributed by atoms with van der Waals surface area (Å²) in [4.78, 5) is 35.8. The van der Waals surface area contributed by atoms with Crippen molar-refractivity contribution < 1.29 is 19.1 Å². The third-order valence-corrected chi connectivity index (χ3v) is 5.10. The number of urea groups is 1. The maximum Gasteiger partial charge on any atom is 0.344 e.